The SMILES string of the molecule is C=C(C)C(=O)Oc1ccc(-c2ccc(OCCOc3ccc(OC(=O)C(=C)C)c(OC(=O)C(=C)C)c3)c(F)c2)cc1. The summed E-state index contributed by atoms with van der Waals surface area (Å²) in [6.07, 6.45) is 0. The zero-order valence-electron chi connectivity index (χ0n) is 23.0. The molecule has 0 radical (unpaired) electrons. The number of ether oxygens (including phenoxy) is 5. The Labute approximate surface area is 237 Å². The van der Waals surface area contributed by atoms with E-state index in [2.05, 4.69) is 19.7 Å². The Bertz CT molecular complexity index is 1500. The lowest BCUT2D eigenvalue weighted by Gasteiger charge is -2.13. The van der Waals surface area contributed by atoms with Crippen molar-refractivity contribution in [1.29, 1.82) is 0 Å². The summed E-state index contributed by atoms with van der Waals surface area (Å²) in [6.45, 7) is 15.2. The molecule has 3 rings (SSSR count). The minimum absolute atomic E-state index is 0.000811. The van der Waals surface area contributed by atoms with Gasteiger partial charge in [-0.2, -0.15) is 0 Å². The summed E-state index contributed by atoms with van der Waals surface area (Å²) in [7, 11) is 0. The highest BCUT2D eigenvalue weighted by Crippen LogP contribution is 2.33. The lowest BCUT2D eigenvalue weighted by molar-refractivity contribution is -0.132. The van der Waals surface area contributed by atoms with E-state index in [4.69, 9.17) is 23.7 Å². The number of benzene rings is 3. The second kappa shape index (κ2) is 13.7. The Hall–Kier alpha value is -5.18. The fourth-order valence-corrected chi connectivity index (χ4v) is 3.13. The van der Waals surface area contributed by atoms with Crippen molar-refractivity contribution in [3.8, 4) is 39.9 Å². The second-order valence-electron chi connectivity index (χ2n) is 8.98. The molecule has 0 atom stereocenters. The van der Waals surface area contributed by atoms with Crippen molar-refractivity contribution < 1.29 is 42.5 Å². The molecule has 0 saturated carbocycles. The van der Waals surface area contributed by atoms with Crippen LogP contribution in [0, 0.1) is 5.82 Å². The Kier molecular flexibility index (Phi) is 10.2. The normalized spacial score (nSPS) is 10.2. The topological polar surface area (TPSA) is 97.4 Å². The Morgan fingerprint density at radius 2 is 1.07 bits per heavy atom. The molecule has 3 aromatic rings. The Morgan fingerprint density at radius 1 is 0.585 bits per heavy atom. The fourth-order valence-electron chi connectivity index (χ4n) is 3.13. The molecule has 0 aliphatic heterocycles. The van der Waals surface area contributed by atoms with Crippen molar-refractivity contribution in [3.05, 3.63) is 103 Å². The average molecular weight is 561 g/mol. The van der Waals surface area contributed by atoms with Crippen LogP contribution < -0.4 is 23.7 Å². The van der Waals surface area contributed by atoms with Crippen LogP contribution in [0.3, 0.4) is 0 Å². The predicted octanol–water partition coefficient (Wildman–Crippen LogP) is 6.40. The molecule has 0 aromatic heterocycles. The maximum Gasteiger partial charge on any atom is 0.338 e. The molecule has 0 saturated heterocycles. The van der Waals surface area contributed by atoms with Crippen LogP contribution in [-0.2, 0) is 14.4 Å². The number of hydrogen-bond acceptors (Lipinski definition) is 8. The maximum absolute atomic E-state index is 14.7. The monoisotopic (exact) mass is 560 g/mol. The molecule has 0 bridgehead atoms. The quantitative estimate of drug-likeness (QED) is 0.109. The number of halogens is 1. The minimum atomic E-state index is -0.709. The number of esters is 3. The lowest BCUT2D eigenvalue weighted by Crippen LogP contribution is -2.13. The molecule has 0 heterocycles. The van der Waals surface area contributed by atoms with Gasteiger partial charge >= 0.3 is 17.9 Å². The maximum atomic E-state index is 14.7. The summed E-state index contributed by atoms with van der Waals surface area (Å²) in [5.74, 6) is -1.86. The molecule has 8 nitrogen and oxygen atoms in total. The van der Waals surface area contributed by atoms with Crippen LogP contribution in [0.5, 0.6) is 28.7 Å². The van der Waals surface area contributed by atoms with E-state index >= 15 is 0 Å². The van der Waals surface area contributed by atoms with Gasteiger partial charge in [0.1, 0.15) is 24.7 Å². The van der Waals surface area contributed by atoms with Gasteiger partial charge < -0.3 is 23.7 Å². The van der Waals surface area contributed by atoms with Gasteiger partial charge in [0.15, 0.2) is 23.1 Å². The molecule has 212 valence electrons. The van der Waals surface area contributed by atoms with E-state index in [1.165, 1.54) is 44.2 Å². The van der Waals surface area contributed by atoms with Gasteiger partial charge in [0, 0.05) is 22.8 Å². The molecule has 0 N–H and O–H groups in total. The van der Waals surface area contributed by atoms with Gasteiger partial charge in [0.05, 0.1) is 0 Å². The highest BCUT2D eigenvalue weighted by Gasteiger charge is 2.16. The van der Waals surface area contributed by atoms with E-state index in [-0.39, 0.29) is 47.2 Å². The minimum Gasteiger partial charge on any atom is -0.490 e. The average Bonchev–Trinajstić information content (AvgIpc) is 2.93. The zero-order chi connectivity index (χ0) is 30.1. The van der Waals surface area contributed by atoms with Gasteiger partial charge in [-0.3, -0.25) is 0 Å². The molecule has 9 heteroatoms. The summed E-state index contributed by atoms with van der Waals surface area (Å²) in [6, 6.07) is 15.5. The van der Waals surface area contributed by atoms with Crippen LogP contribution in [-0.4, -0.2) is 31.1 Å². The van der Waals surface area contributed by atoms with Gasteiger partial charge in [-0.25, -0.2) is 18.8 Å². The van der Waals surface area contributed by atoms with Gasteiger partial charge in [-0.15, -0.1) is 0 Å². The predicted molar refractivity (Wildman–Crippen MR) is 151 cm³/mol. The summed E-state index contributed by atoms with van der Waals surface area (Å²) in [5.41, 5.74) is 1.92. The molecular weight excluding hydrogens is 531 g/mol. The number of rotatable bonds is 12. The van der Waals surface area contributed by atoms with Crippen molar-refractivity contribution in [1.82, 2.24) is 0 Å². The molecular formula is C32H29FO8. The third-order valence-corrected chi connectivity index (χ3v) is 5.31. The van der Waals surface area contributed by atoms with Gasteiger partial charge in [-0.1, -0.05) is 37.9 Å². The summed E-state index contributed by atoms with van der Waals surface area (Å²) in [4.78, 5) is 35.6. The highest BCUT2D eigenvalue weighted by molar-refractivity contribution is 5.91. The standard InChI is InChI=1S/C32H29FO8/c1-19(2)30(34)39-24-10-7-22(8-11-24)23-9-13-27(26(33)17-23)38-16-15-37-25-12-14-28(40-31(35)20(3)4)29(18-25)41-32(36)21(5)6/h7-14,17-18H,1,3,5,15-16H2,2,4,6H3. The lowest BCUT2D eigenvalue weighted by atomic mass is 10.1. The van der Waals surface area contributed by atoms with Crippen LogP contribution in [0.25, 0.3) is 11.1 Å². The summed E-state index contributed by atoms with van der Waals surface area (Å²) >= 11 is 0. The van der Waals surface area contributed by atoms with Gasteiger partial charge in [-0.05, 0) is 68.3 Å². The number of carbonyl (C=O) groups excluding carboxylic acids is 3. The van der Waals surface area contributed by atoms with Crippen LogP contribution >= 0.6 is 0 Å². The van der Waals surface area contributed by atoms with E-state index in [1.807, 2.05) is 0 Å². The van der Waals surface area contributed by atoms with Crippen molar-refractivity contribution >= 4 is 17.9 Å². The molecule has 41 heavy (non-hydrogen) atoms. The van der Waals surface area contributed by atoms with Gasteiger partial charge in [0.2, 0.25) is 0 Å². The third kappa shape index (κ3) is 8.66. The van der Waals surface area contributed by atoms with E-state index in [0.29, 0.717) is 17.1 Å². The van der Waals surface area contributed by atoms with Crippen LogP contribution in [0.4, 0.5) is 4.39 Å². The van der Waals surface area contributed by atoms with Crippen molar-refractivity contribution in [2.75, 3.05) is 13.2 Å². The number of hydrogen-bond donors (Lipinski definition) is 0. The van der Waals surface area contributed by atoms with Crippen molar-refractivity contribution in [3.63, 3.8) is 0 Å². The largest absolute Gasteiger partial charge is 0.490 e. The Balaban J connectivity index is 1.60. The molecule has 0 spiro atoms. The van der Waals surface area contributed by atoms with Crippen LogP contribution in [0.2, 0.25) is 0 Å². The summed E-state index contributed by atoms with van der Waals surface area (Å²) in [5, 5.41) is 0. The fraction of sp³-hybridized carbons (Fsp3) is 0.156. The highest BCUT2D eigenvalue weighted by atomic mass is 19.1. The smallest absolute Gasteiger partial charge is 0.338 e. The van der Waals surface area contributed by atoms with Crippen molar-refractivity contribution in [2.24, 2.45) is 0 Å². The van der Waals surface area contributed by atoms with E-state index < -0.39 is 23.7 Å². The van der Waals surface area contributed by atoms with Crippen LogP contribution in [0.1, 0.15) is 20.8 Å². The summed E-state index contributed by atoms with van der Waals surface area (Å²) < 4.78 is 41.5. The first-order valence-electron chi connectivity index (χ1n) is 12.4. The first-order chi connectivity index (χ1) is 19.4. The molecule has 0 amide bonds. The van der Waals surface area contributed by atoms with Crippen molar-refractivity contribution in [2.45, 2.75) is 20.8 Å². The first-order valence-corrected chi connectivity index (χ1v) is 12.4. The molecule has 0 unspecified atom stereocenters. The molecule has 0 aliphatic carbocycles. The molecule has 0 aliphatic rings. The first kappa shape index (κ1) is 30.4. The Morgan fingerprint density at radius 3 is 1.66 bits per heavy atom. The second-order valence-corrected chi connectivity index (χ2v) is 8.98. The molecule has 3 aromatic carbocycles. The third-order valence-electron chi connectivity index (χ3n) is 5.31. The zero-order valence-corrected chi connectivity index (χ0v) is 23.0. The van der Waals surface area contributed by atoms with E-state index in [9.17, 15) is 18.8 Å². The van der Waals surface area contributed by atoms with Gasteiger partial charge in [0.25, 0.3) is 0 Å². The number of carbonyl (C=O) groups is 3. The van der Waals surface area contributed by atoms with E-state index in [0.717, 1.165) is 5.56 Å². The van der Waals surface area contributed by atoms with E-state index in [1.54, 1.807) is 37.3 Å². The molecule has 0 fully saturated rings. The van der Waals surface area contributed by atoms with Crippen LogP contribution in [0.15, 0.2) is 97.1 Å².